The molecule has 2 heterocycles. The van der Waals surface area contributed by atoms with E-state index >= 15 is 0 Å². The summed E-state index contributed by atoms with van der Waals surface area (Å²) in [5.74, 6) is 2.03. The van der Waals surface area contributed by atoms with Crippen LogP contribution in [-0.4, -0.2) is 23.3 Å². The predicted octanol–water partition coefficient (Wildman–Crippen LogP) is 3.15. The van der Waals surface area contributed by atoms with E-state index in [0.29, 0.717) is 12.5 Å². The van der Waals surface area contributed by atoms with Gasteiger partial charge in [0.1, 0.15) is 6.10 Å². The van der Waals surface area contributed by atoms with Crippen molar-refractivity contribution in [3.63, 3.8) is 0 Å². The molecule has 1 N–H and O–H groups in total. The average Bonchev–Trinajstić information content (AvgIpc) is 3.16. The quantitative estimate of drug-likeness (QED) is 0.897. The Labute approximate surface area is 120 Å². The molecule has 1 unspecified atom stereocenters. The van der Waals surface area contributed by atoms with Crippen LogP contribution >= 0.6 is 0 Å². The zero-order valence-corrected chi connectivity index (χ0v) is 12.3. The Kier molecular flexibility index (Phi) is 4.68. The first-order valence-corrected chi connectivity index (χ1v) is 8.07. The molecule has 2 aliphatic rings. The second-order valence-electron chi connectivity index (χ2n) is 5.91. The van der Waals surface area contributed by atoms with Crippen LogP contribution < -0.4 is 5.32 Å². The van der Waals surface area contributed by atoms with Gasteiger partial charge in [0.2, 0.25) is 11.7 Å². The third kappa shape index (κ3) is 3.04. The van der Waals surface area contributed by atoms with Crippen molar-refractivity contribution in [3.05, 3.63) is 11.7 Å². The molecular weight excluding hydrogens is 254 g/mol. The Bertz CT molecular complexity index is 409. The first kappa shape index (κ1) is 14.0. The van der Waals surface area contributed by atoms with E-state index in [2.05, 4.69) is 15.5 Å². The number of hydrogen-bond donors (Lipinski definition) is 1. The molecule has 20 heavy (non-hydrogen) atoms. The highest BCUT2D eigenvalue weighted by molar-refractivity contribution is 4.99. The lowest BCUT2D eigenvalue weighted by Gasteiger charge is -2.27. The zero-order chi connectivity index (χ0) is 13.8. The number of aromatic nitrogens is 2. The largest absolute Gasteiger partial charge is 0.370 e. The molecular formula is C15H25N3O2. The van der Waals surface area contributed by atoms with Gasteiger partial charge in [0.15, 0.2) is 0 Å². The summed E-state index contributed by atoms with van der Waals surface area (Å²) in [6.45, 7) is 3.78. The number of rotatable bonds is 5. The van der Waals surface area contributed by atoms with Gasteiger partial charge in [-0.3, -0.25) is 0 Å². The maximum absolute atomic E-state index is 5.94. The fourth-order valence-electron chi connectivity index (χ4n) is 3.44. The fraction of sp³-hybridized carbons (Fsp3) is 0.867. The Morgan fingerprint density at radius 2 is 2.10 bits per heavy atom. The van der Waals surface area contributed by atoms with E-state index in [1.165, 1.54) is 38.5 Å². The molecule has 5 heteroatoms. The first-order chi connectivity index (χ1) is 9.88. The van der Waals surface area contributed by atoms with Gasteiger partial charge in [-0.15, -0.1) is 0 Å². The molecule has 0 radical (unpaired) electrons. The van der Waals surface area contributed by atoms with Crippen LogP contribution in [0.5, 0.6) is 0 Å². The van der Waals surface area contributed by atoms with Crippen LogP contribution in [0.25, 0.3) is 0 Å². The van der Waals surface area contributed by atoms with E-state index in [4.69, 9.17) is 9.26 Å². The molecule has 3 rings (SSSR count). The molecule has 1 saturated heterocycles. The summed E-state index contributed by atoms with van der Waals surface area (Å²) in [6, 6.07) is 0.241. The minimum absolute atomic E-state index is 0.0132. The van der Waals surface area contributed by atoms with Crippen LogP contribution in [0.4, 0.5) is 0 Å². The molecule has 0 aromatic carbocycles. The smallest absolute Gasteiger partial charge is 0.243 e. The SMILES string of the molecule is CCOC(c1noc([C@H]2CCCN2)n1)C1CCCCC1. The maximum Gasteiger partial charge on any atom is 0.243 e. The Morgan fingerprint density at radius 3 is 2.80 bits per heavy atom. The first-order valence-electron chi connectivity index (χ1n) is 8.07. The van der Waals surface area contributed by atoms with Gasteiger partial charge in [0, 0.05) is 6.61 Å². The molecule has 1 aliphatic heterocycles. The molecule has 112 valence electrons. The number of ether oxygens (including phenoxy) is 1. The third-order valence-electron chi connectivity index (χ3n) is 4.49. The summed E-state index contributed by atoms with van der Waals surface area (Å²) in [5.41, 5.74) is 0. The lowest BCUT2D eigenvalue weighted by atomic mass is 9.85. The third-order valence-corrected chi connectivity index (χ3v) is 4.49. The van der Waals surface area contributed by atoms with Crippen molar-refractivity contribution in [3.8, 4) is 0 Å². The molecule has 1 aromatic heterocycles. The van der Waals surface area contributed by atoms with Crippen molar-refractivity contribution < 1.29 is 9.26 Å². The average molecular weight is 279 g/mol. The van der Waals surface area contributed by atoms with Gasteiger partial charge in [0.25, 0.3) is 0 Å². The molecule has 0 amide bonds. The van der Waals surface area contributed by atoms with Gasteiger partial charge in [-0.05, 0) is 45.1 Å². The van der Waals surface area contributed by atoms with Crippen LogP contribution in [0.2, 0.25) is 0 Å². The Morgan fingerprint density at radius 1 is 1.25 bits per heavy atom. The van der Waals surface area contributed by atoms with Crippen LogP contribution in [-0.2, 0) is 4.74 Å². The molecule has 1 aromatic rings. The molecule has 2 fully saturated rings. The van der Waals surface area contributed by atoms with Gasteiger partial charge >= 0.3 is 0 Å². The molecule has 1 aliphatic carbocycles. The lowest BCUT2D eigenvalue weighted by molar-refractivity contribution is -0.00145. The summed E-state index contributed by atoms with van der Waals surface area (Å²) < 4.78 is 11.4. The van der Waals surface area contributed by atoms with Gasteiger partial charge in [-0.2, -0.15) is 4.98 Å². The monoisotopic (exact) mass is 279 g/mol. The van der Waals surface area contributed by atoms with E-state index in [0.717, 1.165) is 24.7 Å². The lowest BCUT2D eigenvalue weighted by Crippen LogP contribution is -2.20. The van der Waals surface area contributed by atoms with E-state index < -0.39 is 0 Å². The van der Waals surface area contributed by atoms with E-state index in [-0.39, 0.29) is 12.1 Å². The second-order valence-corrected chi connectivity index (χ2v) is 5.91. The van der Waals surface area contributed by atoms with Crippen molar-refractivity contribution in [2.75, 3.05) is 13.2 Å². The van der Waals surface area contributed by atoms with Crippen molar-refractivity contribution in [1.29, 1.82) is 0 Å². The van der Waals surface area contributed by atoms with E-state index in [1.807, 2.05) is 6.92 Å². The van der Waals surface area contributed by atoms with E-state index in [1.54, 1.807) is 0 Å². The normalized spacial score (nSPS) is 25.9. The Balaban J connectivity index is 1.72. The summed E-state index contributed by atoms with van der Waals surface area (Å²) >= 11 is 0. The molecule has 0 bridgehead atoms. The molecule has 2 atom stereocenters. The summed E-state index contributed by atoms with van der Waals surface area (Å²) in [6.07, 6.45) is 8.65. The fourth-order valence-corrected chi connectivity index (χ4v) is 3.44. The number of nitrogens with one attached hydrogen (secondary N) is 1. The summed E-state index contributed by atoms with van der Waals surface area (Å²) in [4.78, 5) is 4.62. The van der Waals surface area contributed by atoms with Gasteiger partial charge in [-0.25, -0.2) is 0 Å². The van der Waals surface area contributed by atoms with Crippen molar-refractivity contribution in [2.24, 2.45) is 5.92 Å². The van der Waals surface area contributed by atoms with Crippen LogP contribution in [0, 0.1) is 5.92 Å². The van der Waals surface area contributed by atoms with Crippen molar-refractivity contribution in [1.82, 2.24) is 15.5 Å². The topological polar surface area (TPSA) is 60.2 Å². The summed E-state index contributed by atoms with van der Waals surface area (Å²) in [7, 11) is 0. The van der Waals surface area contributed by atoms with Crippen LogP contribution in [0.3, 0.4) is 0 Å². The van der Waals surface area contributed by atoms with E-state index in [9.17, 15) is 0 Å². The van der Waals surface area contributed by atoms with Crippen molar-refractivity contribution in [2.45, 2.75) is 64.0 Å². The second kappa shape index (κ2) is 6.68. The molecule has 5 nitrogen and oxygen atoms in total. The predicted molar refractivity (Wildman–Crippen MR) is 75.2 cm³/mol. The van der Waals surface area contributed by atoms with Crippen molar-refractivity contribution >= 4 is 0 Å². The van der Waals surface area contributed by atoms with Gasteiger partial charge < -0.3 is 14.6 Å². The van der Waals surface area contributed by atoms with Gasteiger partial charge in [-0.1, -0.05) is 24.4 Å². The highest BCUT2D eigenvalue weighted by Crippen LogP contribution is 2.36. The highest BCUT2D eigenvalue weighted by atomic mass is 16.5. The zero-order valence-electron chi connectivity index (χ0n) is 12.3. The maximum atomic E-state index is 5.94. The van der Waals surface area contributed by atoms with Gasteiger partial charge in [0.05, 0.1) is 6.04 Å². The number of nitrogens with zero attached hydrogens (tertiary/aromatic N) is 2. The standard InChI is InChI=1S/C15H25N3O2/c1-2-19-13(11-7-4-3-5-8-11)14-17-15(20-18-14)12-9-6-10-16-12/h11-13,16H,2-10H2,1H3/t12-,13?/m1/s1. The molecule has 0 spiro atoms. The van der Waals surface area contributed by atoms with Crippen LogP contribution in [0.1, 0.15) is 75.7 Å². The number of hydrogen-bond acceptors (Lipinski definition) is 5. The minimum atomic E-state index is 0.0132. The molecule has 1 saturated carbocycles. The summed E-state index contributed by atoms with van der Waals surface area (Å²) in [5, 5.41) is 7.60. The minimum Gasteiger partial charge on any atom is -0.370 e. The van der Waals surface area contributed by atoms with Crippen LogP contribution in [0.15, 0.2) is 4.52 Å². The Hall–Kier alpha value is -0.940. The highest BCUT2D eigenvalue weighted by Gasteiger charge is 2.31.